The summed E-state index contributed by atoms with van der Waals surface area (Å²) in [5.41, 5.74) is -0.423. The number of carboxylic acid groups (broad SMARTS) is 2. The van der Waals surface area contributed by atoms with Gasteiger partial charge in [-0.25, -0.2) is 4.79 Å². The van der Waals surface area contributed by atoms with Crippen molar-refractivity contribution in [2.75, 3.05) is 12.4 Å². The second kappa shape index (κ2) is 5.32. The maximum Gasteiger partial charge on any atom is 0.335 e. The summed E-state index contributed by atoms with van der Waals surface area (Å²) in [5, 5.41) is 20.7. The first-order valence-electron chi connectivity index (χ1n) is 6.65. The fraction of sp³-hybridized carbons (Fsp3) is 0.400. The van der Waals surface area contributed by atoms with Crippen LogP contribution in [0.3, 0.4) is 0 Å². The number of carbonyl (C=O) groups is 3. The number of hydrogen-bond acceptors (Lipinski definition) is 4. The average Bonchev–Trinajstić information content (AvgIpc) is 3.01. The van der Waals surface area contributed by atoms with Gasteiger partial charge in [0.1, 0.15) is 5.75 Å². The molecule has 2 atom stereocenters. The van der Waals surface area contributed by atoms with Gasteiger partial charge in [0.2, 0.25) is 5.91 Å². The monoisotopic (exact) mass is 307 g/mol. The molecule has 1 aromatic rings. The predicted octanol–water partition coefficient (Wildman–Crippen LogP) is 1.69. The zero-order chi connectivity index (χ0) is 16.7. The molecule has 1 saturated carbocycles. The Kier molecular flexibility index (Phi) is 3.83. The molecule has 0 saturated heterocycles. The molecule has 7 heteroatoms. The van der Waals surface area contributed by atoms with Crippen molar-refractivity contribution in [1.29, 1.82) is 0 Å². The molecular weight excluding hydrogens is 290 g/mol. The molecule has 2 rings (SSSR count). The molecule has 0 aliphatic heterocycles. The van der Waals surface area contributed by atoms with E-state index in [9.17, 15) is 14.4 Å². The lowest BCUT2D eigenvalue weighted by Crippen LogP contribution is -2.18. The second-order valence-corrected chi connectivity index (χ2v) is 5.82. The van der Waals surface area contributed by atoms with Crippen molar-refractivity contribution in [2.24, 2.45) is 17.3 Å². The van der Waals surface area contributed by atoms with Crippen molar-refractivity contribution in [2.45, 2.75) is 13.8 Å². The van der Waals surface area contributed by atoms with Crippen LogP contribution in [0.25, 0.3) is 0 Å². The van der Waals surface area contributed by atoms with Gasteiger partial charge in [0.05, 0.1) is 30.2 Å². The topological polar surface area (TPSA) is 113 Å². The van der Waals surface area contributed by atoms with Gasteiger partial charge in [0.25, 0.3) is 0 Å². The summed E-state index contributed by atoms with van der Waals surface area (Å²) in [6.07, 6.45) is 0. The van der Waals surface area contributed by atoms with Crippen molar-refractivity contribution in [3.8, 4) is 5.75 Å². The van der Waals surface area contributed by atoms with Gasteiger partial charge in [-0.2, -0.15) is 0 Å². The Balaban J connectivity index is 2.24. The quantitative estimate of drug-likeness (QED) is 0.763. The zero-order valence-electron chi connectivity index (χ0n) is 12.4. The number of methoxy groups -OCH3 is 1. The molecule has 7 nitrogen and oxygen atoms in total. The Labute approximate surface area is 126 Å². The smallest absolute Gasteiger partial charge is 0.335 e. The van der Waals surface area contributed by atoms with Gasteiger partial charge in [0, 0.05) is 0 Å². The van der Waals surface area contributed by atoms with E-state index in [4.69, 9.17) is 14.9 Å². The Morgan fingerprint density at radius 2 is 1.82 bits per heavy atom. The van der Waals surface area contributed by atoms with Crippen LogP contribution >= 0.6 is 0 Å². The number of benzene rings is 1. The van der Waals surface area contributed by atoms with Crippen molar-refractivity contribution >= 4 is 23.5 Å². The number of nitrogens with one attached hydrogen (secondary N) is 1. The van der Waals surface area contributed by atoms with Gasteiger partial charge >= 0.3 is 11.9 Å². The summed E-state index contributed by atoms with van der Waals surface area (Å²) in [4.78, 5) is 34.4. The van der Waals surface area contributed by atoms with E-state index in [1.54, 1.807) is 13.8 Å². The molecular formula is C15H17NO6. The van der Waals surface area contributed by atoms with Crippen LogP contribution in [0, 0.1) is 17.3 Å². The summed E-state index contributed by atoms with van der Waals surface area (Å²) >= 11 is 0. The Hall–Kier alpha value is -2.57. The molecule has 1 aromatic carbocycles. The van der Waals surface area contributed by atoms with Gasteiger partial charge in [-0.05, 0) is 23.6 Å². The fourth-order valence-corrected chi connectivity index (χ4v) is 2.74. The number of carboxylic acids is 2. The molecule has 0 spiro atoms. The van der Waals surface area contributed by atoms with Crippen molar-refractivity contribution in [1.82, 2.24) is 0 Å². The summed E-state index contributed by atoms with van der Waals surface area (Å²) in [7, 11) is 1.40. The highest BCUT2D eigenvalue weighted by Crippen LogP contribution is 2.58. The first kappa shape index (κ1) is 15.8. The number of aromatic carboxylic acids is 1. The first-order valence-corrected chi connectivity index (χ1v) is 6.65. The minimum atomic E-state index is -1.13. The summed E-state index contributed by atoms with van der Waals surface area (Å²) in [6, 6.07) is 4.08. The van der Waals surface area contributed by atoms with E-state index < -0.39 is 35.1 Å². The number of rotatable bonds is 5. The summed E-state index contributed by atoms with van der Waals surface area (Å²) in [5.74, 6) is -3.71. The summed E-state index contributed by atoms with van der Waals surface area (Å²) < 4.78 is 5.08. The molecule has 3 N–H and O–H groups in total. The van der Waals surface area contributed by atoms with Crippen LogP contribution in [-0.4, -0.2) is 35.2 Å². The maximum absolute atomic E-state index is 12.3. The molecule has 1 aliphatic carbocycles. The highest BCUT2D eigenvalue weighted by molar-refractivity contribution is 6.01. The minimum Gasteiger partial charge on any atom is -0.495 e. The molecule has 0 radical (unpaired) electrons. The third-order valence-corrected chi connectivity index (χ3v) is 4.08. The average molecular weight is 307 g/mol. The molecule has 1 amide bonds. The van der Waals surface area contributed by atoms with E-state index in [-0.39, 0.29) is 11.3 Å². The number of amides is 1. The SMILES string of the molecule is COc1ccc(C(=O)O)cc1NC(=O)[C@H]1[C@H](C(=O)O)C1(C)C. The normalized spacial score (nSPS) is 21.8. The number of ether oxygens (including phenoxy) is 1. The van der Waals surface area contributed by atoms with E-state index in [0.29, 0.717) is 5.75 Å². The van der Waals surface area contributed by atoms with E-state index in [1.165, 1.54) is 25.3 Å². The largest absolute Gasteiger partial charge is 0.495 e. The van der Waals surface area contributed by atoms with Crippen LogP contribution in [0.15, 0.2) is 18.2 Å². The molecule has 0 bridgehead atoms. The fourth-order valence-electron chi connectivity index (χ4n) is 2.74. The molecule has 1 aliphatic rings. The van der Waals surface area contributed by atoms with Gasteiger partial charge in [-0.3, -0.25) is 9.59 Å². The van der Waals surface area contributed by atoms with Gasteiger partial charge in [0.15, 0.2) is 0 Å². The van der Waals surface area contributed by atoms with Crippen molar-refractivity contribution < 1.29 is 29.3 Å². The van der Waals surface area contributed by atoms with Crippen molar-refractivity contribution in [3.63, 3.8) is 0 Å². The predicted molar refractivity (Wildman–Crippen MR) is 77.0 cm³/mol. The third-order valence-electron chi connectivity index (χ3n) is 4.08. The highest BCUT2D eigenvalue weighted by Gasteiger charge is 2.65. The number of hydrogen-bond donors (Lipinski definition) is 3. The van der Waals surface area contributed by atoms with E-state index >= 15 is 0 Å². The van der Waals surface area contributed by atoms with Crippen LogP contribution < -0.4 is 10.1 Å². The van der Waals surface area contributed by atoms with E-state index in [2.05, 4.69) is 5.32 Å². The highest BCUT2D eigenvalue weighted by atomic mass is 16.5. The molecule has 0 unspecified atom stereocenters. The van der Waals surface area contributed by atoms with Gasteiger partial charge in [-0.1, -0.05) is 13.8 Å². The Morgan fingerprint density at radius 3 is 2.27 bits per heavy atom. The van der Waals surface area contributed by atoms with E-state index in [1.807, 2.05) is 0 Å². The Bertz CT molecular complexity index is 651. The molecule has 0 aromatic heterocycles. The number of anilines is 1. The lowest BCUT2D eigenvalue weighted by atomic mass is 10.1. The standard InChI is InChI=1S/C15H17NO6/c1-15(2)10(11(15)14(20)21)12(17)16-8-6-7(13(18)19)4-5-9(8)22-3/h4-6,10-11H,1-3H3,(H,16,17)(H,18,19)(H,20,21)/t10-,11-/m1/s1. The third kappa shape index (κ3) is 2.61. The van der Waals surface area contributed by atoms with Gasteiger partial charge < -0.3 is 20.3 Å². The zero-order valence-corrected chi connectivity index (χ0v) is 12.4. The van der Waals surface area contributed by atoms with Crippen LogP contribution in [0.2, 0.25) is 0 Å². The van der Waals surface area contributed by atoms with Crippen molar-refractivity contribution in [3.05, 3.63) is 23.8 Å². The minimum absolute atomic E-state index is 0.000872. The second-order valence-electron chi connectivity index (χ2n) is 5.82. The Morgan fingerprint density at radius 1 is 1.18 bits per heavy atom. The number of carbonyl (C=O) groups excluding carboxylic acids is 1. The molecule has 1 fully saturated rings. The first-order chi connectivity index (χ1) is 10.2. The number of aliphatic carboxylic acids is 1. The van der Waals surface area contributed by atoms with Gasteiger partial charge in [-0.15, -0.1) is 0 Å². The molecule has 22 heavy (non-hydrogen) atoms. The van der Waals surface area contributed by atoms with Crippen LogP contribution in [-0.2, 0) is 9.59 Å². The maximum atomic E-state index is 12.3. The van der Waals surface area contributed by atoms with E-state index in [0.717, 1.165) is 0 Å². The van der Waals surface area contributed by atoms with Crippen LogP contribution in [0.5, 0.6) is 5.75 Å². The van der Waals surface area contributed by atoms with Crippen LogP contribution in [0.1, 0.15) is 24.2 Å². The lowest BCUT2D eigenvalue weighted by molar-refractivity contribution is -0.140. The summed E-state index contributed by atoms with van der Waals surface area (Å²) in [6.45, 7) is 3.42. The van der Waals surface area contributed by atoms with Crippen LogP contribution in [0.4, 0.5) is 5.69 Å². The lowest BCUT2D eigenvalue weighted by Gasteiger charge is -2.11. The molecule has 0 heterocycles. The molecule has 118 valence electrons.